The fraction of sp³-hybridized carbons (Fsp3) is 0.714. The van der Waals surface area contributed by atoms with Crippen molar-refractivity contribution in [2.75, 3.05) is 6.61 Å². The third-order valence-corrected chi connectivity index (χ3v) is 8.59. The van der Waals surface area contributed by atoms with Crippen LogP contribution in [0.4, 0.5) is 4.39 Å². The van der Waals surface area contributed by atoms with E-state index in [4.69, 9.17) is 11.6 Å². The maximum Gasteiger partial charge on any atom is 0.196 e. The first kappa shape index (κ1) is 20.2. The standard InChI is InChI=1S/C21H26ClFO5/c1-19-7-13(22)15(25)6-12(19)14(23)5-10-11-3-4-21(28,17(27)9-24)20(11,2)8-16(26)18(10)19/h6-7,10-11,14,16,18,24,26,28H,3-5,8-9H2,1-2H3/t10-,11-,14?,16?,18+,19-,20-,21-/m0/s1. The largest absolute Gasteiger partial charge is 0.393 e. The average Bonchev–Trinajstić information content (AvgIpc) is 2.88. The van der Waals surface area contributed by atoms with Gasteiger partial charge in [-0.05, 0) is 49.2 Å². The highest BCUT2D eigenvalue weighted by atomic mass is 35.5. The molecule has 5 nitrogen and oxygen atoms in total. The lowest BCUT2D eigenvalue weighted by Crippen LogP contribution is -2.62. The van der Waals surface area contributed by atoms with Crippen LogP contribution in [0.5, 0.6) is 0 Å². The summed E-state index contributed by atoms with van der Waals surface area (Å²) in [5.74, 6) is -1.89. The van der Waals surface area contributed by atoms with Gasteiger partial charge in [0.1, 0.15) is 18.4 Å². The van der Waals surface area contributed by atoms with Crippen molar-refractivity contribution in [1.29, 1.82) is 0 Å². The van der Waals surface area contributed by atoms with Gasteiger partial charge in [0.25, 0.3) is 0 Å². The molecule has 0 heterocycles. The van der Waals surface area contributed by atoms with Crippen LogP contribution in [-0.2, 0) is 9.59 Å². The molecule has 4 aliphatic rings. The number of hydrogen-bond acceptors (Lipinski definition) is 5. The number of fused-ring (bicyclic) bond motifs is 5. The minimum atomic E-state index is -1.72. The van der Waals surface area contributed by atoms with E-state index in [1.807, 2.05) is 6.92 Å². The van der Waals surface area contributed by atoms with Gasteiger partial charge in [0.15, 0.2) is 11.6 Å². The number of carbonyl (C=O) groups excluding carboxylic acids is 2. The Morgan fingerprint density at radius 2 is 2.07 bits per heavy atom. The van der Waals surface area contributed by atoms with Gasteiger partial charge >= 0.3 is 0 Å². The van der Waals surface area contributed by atoms with Gasteiger partial charge in [0.05, 0.1) is 11.1 Å². The normalized spacial score (nSPS) is 50.2. The molecule has 0 spiro atoms. The average molecular weight is 413 g/mol. The number of halogens is 2. The molecule has 0 aromatic carbocycles. The lowest BCUT2D eigenvalue weighted by molar-refractivity contribution is -0.180. The number of Topliss-reactive ketones (excluding diaryl/α,β-unsaturated/α-hetero) is 1. The second-order valence-corrected chi connectivity index (χ2v) is 9.81. The van der Waals surface area contributed by atoms with E-state index >= 15 is 4.39 Å². The third kappa shape index (κ3) is 2.35. The molecule has 0 amide bonds. The monoisotopic (exact) mass is 412 g/mol. The Kier molecular flexibility index (Phi) is 4.48. The first-order valence-electron chi connectivity index (χ1n) is 9.83. The highest BCUT2D eigenvalue weighted by Gasteiger charge is 2.69. The maximum atomic E-state index is 15.2. The molecule has 8 atom stereocenters. The Hall–Kier alpha value is -1.08. The van der Waals surface area contributed by atoms with Crippen LogP contribution in [-0.4, -0.2) is 51.4 Å². The van der Waals surface area contributed by atoms with Crippen LogP contribution in [0, 0.1) is 28.6 Å². The Morgan fingerprint density at radius 3 is 2.71 bits per heavy atom. The molecule has 0 radical (unpaired) electrons. The second kappa shape index (κ2) is 6.21. The Balaban J connectivity index is 1.80. The zero-order valence-electron chi connectivity index (χ0n) is 16.0. The zero-order valence-corrected chi connectivity index (χ0v) is 16.7. The third-order valence-electron chi connectivity index (χ3n) is 8.29. The van der Waals surface area contributed by atoms with E-state index in [2.05, 4.69) is 0 Å². The molecule has 154 valence electrons. The molecule has 3 N–H and O–H groups in total. The van der Waals surface area contributed by atoms with E-state index in [9.17, 15) is 24.9 Å². The van der Waals surface area contributed by atoms with E-state index in [0.29, 0.717) is 12.0 Å². The summed E-state index contributed by atoms with van der Waals surface area (Å²) in [4.78, 5) is 24.4. The van der Waals surface area contributed by atoms with Gasteiger partial charge in [-0.2, -0.15) is 0 Å². The van der Waals surface area contributed by atoms with Crippen molar-refractivity contribution >= 4 is 23.2 Å². The van der Waals surface area contributed by atoms with Crippen LogP contribution >= 0.6 is 11.6 Å². The molecular formula is C21H26ClFO5. The Bertz CT molecular complexity index is 809. The fourth-order valence-electron chi connectivity index (χ4n) is 6.99. The lowest BCUT2D eigenvalue weighted by Gasteiger charge is -2.60. The molecule has 0 aliphatic heterocycles. The van der Waals surface area contributed by atoms with Gasteiger partial charge in [-0.1, -0.05) is 31.5 Å². The minimum absolute atomic E-state index is 0.0259. The molecule has 0 bridgehead atoms. The summed E-state index contributed by atoms with van der Waals surface area (Å²) in [5, 5.41) is 31.7. The maximum absolute atomic E-state index is 15.2. The van der Waals surface area contributed by atoms with Gasteiger partial charge in [0.2, 0.25) is 0 Å². The smallest absolute Gasteiger partial charge is 0.196 e. The second-order valence-electron chi connectivity index (χ2n) is 9.41. The van der Waals surface area contributed by atoms with Crippen LogP contribution in [0.1, 0.15) is 39.5 Å². The van der Waals surface area contributed by atoms with Crippen molar-refractivity contribution < 1.29 is 29.3 Å². The number of hydrogen-bond donors (Lipinski definition) is 3. The number of aliphatic hydroxyl groups is 3. The number of ketones is 2. The summed E-state index contributed by atoms with van der Waals surface area (Å²) in [7, 11) is 0. The predicted octanol–water partition coefficient (Wildman–Crippen LogP) is 2.07. The molecular weight excluding hydrogens is 387 g/mol. The van der Waals surface area contributed by atoms with Crippen LogP contribution in [0.3, 0.4) is 0 Å². The van der Waals surface area contributed by atoms with Crippen molar-refractivity contribution in [1.82, 2.24) is 0 Å². The molecule has 2 unspecified atom stereocenters. The van der Waals surface area contributed by atoms with Gasteiger partial charge in [-0.3, -0.25) is 9.59 Å². The number of carbonyl (C=O) groups is 2. The molecule has 3 fully saturated rings. The summed E-state index contributed by atoms with van der Waals surface area (Å²) in [6.45, 7) is 2.81. The molecule has 4 rings (SSSR count). The number of allylic oxidation sites excluding steroid dienone is 4. The number of aliphatic hydroxyl groups excluding tert-OH is 2. The topological polar surface area (TPSA) is 94.8 Å². The van der Waals surface area contributed by atoms with E-state index in [-0.39, 0.29) is 42.0 Å². The van der Waals surface area contributed by atoms with E-state index in [1.54, 1.807) is 13.0 Å². The number of alkyl halides is 1. The molecule has 3 saturated carbocycles. The van der Waals surface area contributed by atoms with Crippen LogP contribution in [0.2, 0.25) is 0 Å². The molecule has 7 heteroatoms. The summed E-state index contributed by atoms with van der Waals surface area (Å²) in [6, 6.07) is 0. The molecule has 0 aromatic rings. The van der Waals surface area contributed by atoms with E-state index in [1.165, 1.54) is 6.08 Å². The molecule has 28 heavy (non-hydrogen) atoms. The van der Waals surface area contributed by atoms with E-state index in [0.717, 1.165) is 0 Å². The van der Waals surface area contributed by atoms with Crippen molar-refractivity contribution in [3.05, 3.63) is 22.8 Å². The van der Waals surface area contributed by atoms with Crippen LogP contribution < -0.4 is 0 Å². The van der Waals surface area contributed by atoms with Crippen molar-refractivity contribution in [2.45, 2.75) is 57.4 Å². The summed E-state index contributed by atoms with van der Waals surface area (Å²) >= 11 is 6.10. The SMILES string of the molecule is C[C@]12C=C(Cl)C(=O)C=C1C(F)C[C@@H]1[C@@H]2C(O)C[C@@]2(C)[C@H]1CC[C@]2(O)C(=O)CO. The molecule has 0 saturated heterocycles. The summed E-state index contributed by atoms with van der Waals surface area (Å²) < 4.78 is 15.2. The van der Waals surface area contributed by atoms with Crippen molar-refractivity contribution in [2.24, 2.45) is 28.6 Å². The highest BCUT2D eigenvalue weighted by Crippen LogP contribution is 2.67. The van der Waals surface area contributed by atoms with Crippen LogP contribution in [0.15, 0.2) is 22.8 Å². The minimum Gasteiger partial charge on any atom is -0.393 e. The lowest BCUT2D eigenvalue weighted by atomic mass is 9.46. The zero-order chi connectivity index (χ0) is 20.6. The van der Waals surface area contributed by atoms with Gasteiger partial charge in [-0.25, -0.2) is 4.39 Å². The van der Waals surface area contributed by atoms with Gasteiger partial charge < -0.3 is 15.3 Å². The number of rotatable bonds is 2. The van der Waals surface area contributed by atoms with Crippen molar-refractivity contribution in [3.63, 3.8) is 0 Å². The van der Waals surface area contributed by atoms with Gasteiger partial charge in [-0.15, -0.1) is 0 Å². The first-order valence-corrected chi connectivity index (χ1v) is 10.2. The highest BCUT2D eigenvalue weighted by molar-refractivity contribution is 6.44. The van der Waals surface area contributed by atoms with Crippen LogP contribution in [0.25, 0.3) is 0 Å². The van der Waals surface area contributed by atoms with Crippen molar-refractivity contribution in [3.8, 4) is 0 Å². The summed E-state index contributed by atoms with van der Waals surface area (Å²) in [5.41, 5.74) is -3.21. The first-order chi connectivity index (χ1) is 13.0. The summed E-state index contributed by atoms with van der Waals surface area (Å²) in [6.07, 6.45) is 1.59. The quantitative estimate of drug-likeness (QED) is 0.645. The van der Waals surface area contributed by atoms with Gasteiger partial charge in [0, 0.05) is 16.7 Å². The molecule has 0 aromatic heterocycles. The fourth-order valence-corrected chi connectivity index (χ4v) is 7.27. The predicted molar refractivity (Wildman–Crippen MR) is 100 cm³/mol. The van der Waals surface area contributed by atoms with E-state index < -0.39 is 46.9 Å². The Morgan fingerprint density at radius 1 is 1.39 bits per heavy atom. The Labute approximate surface area is 168 Å². The molecule has 4 aliphatic carbocycles.